The first kappa shape index (κ1) is 19.7. The molecule has 1 aliphatic heterocycles. The molecule has 6 nitrogen and oxygen atoms in total. The number of fused-ring (bicyclic) bond motifs is 3. The number of amides is 1. The maximum atomic E-state index is 13.6. The van der Waals surface area contributed by atoms with Crippen LogP contribution >= 0.6 is 32.9 Å². The fourth-order valence-corrected chi connectivity index (χ4v) is 6.84. The molecule has 9 heteroatoms. The SMILES string of the molecule is COc1ccc(C(=O)N2c3cc([N+](=O)[O-])ccc3-c3c(ssc3=S)C2(C)C)cc1. The van der Waals surface area contributed by atoms with Crippen LogP contribution in [0.4, 0.5) is 11.4 Å². The van der Waals surface area contributed by atoms with Gasteiger partial charge in [0.2, 0.25) is 0 Å². The van der Waals surface area contributed by atoms with Gasteiger partial charge < -0.3 is 4.74 Å². The van der Waals surface area contributed by atoms with Gasteiger partial charge in [-0.05, 0) is 44.2 Å². The quantitative estimate of drug-likeness (QED) is 0.214. The Morgan fingerprint density at radius 1 is 1.17 bits per heavy atom. The summed E-state index contributed by atoms with van der Waals surface area (Å²) in [5.74, 6) is 0.406. The van der Waals surface area contributed by atoms with Gasteiger partial charge in [-0.1, -0.05) is 32.9 Å². The number of methoxy groups -OCH3 is 1. The second kappa shape index (κ2) is 7.01. The largest absolute Gasteiger partial charge is 0.497 e. The third-order valence-corrected chi connectivity index (χ3v) is 8.32. The molecule has 2 heterocycles. The summed E-state index contributed by atoms with van der Waals surface area (Å²) in [6.07, 6.45) is 0. The maximum absolute atomic E-state index is 13.6. The summed E-state index contributed by atoms with van der Waals surface area (Å²) < 4.78 is 5.90. The van der Waals surface area contributed by atoms with Crippen molar-refractivity contribution in [3.8, 4) is 16.9 Å². The Morgan fingerprint density at radius 2 is 1.86 bits per heavy atom. The van der Waals surface area contributed by atoms with E-state index in [0.29, 0.717) is 17.0 Å². The van der Waals surface area contributed by atoms with E-state index in [0.717, 1.165) is 19.8 Å². The van der Waals surface area contributed by atoms with Crippen LogP contribution in [0.5, 0.6) is 5.75 Å². The van der Waals surface area contributed by atoms with Crippen LogP contribution in [0.25, 0.3) is 11.1 Å². The predicted octanol–water partition coefficient (Wildman–Crippen LogP) is 6.02. The lowest BCUT2D eigenvalue weighted by Crippen LogP contribution is -2.47. The molecule has 0 bridgehead atoms. The number of nitrogens with zero attached hydrogens (tertiary/aromatic N) is 2. The van der Waals surface area contributed by atoms with Crippen LogP contribution in [0.15, 0.2) is 42.5 Å². The summed E-state index contributed by atoms with van der Waals surface area (Å²) in [6, 6.07) is 11.4. The van der Waals surface area contributed by atoms with Crippen molar-refractivity contribution in [1.82, 2.24) is 0 Å². The summed E-state index contributed by atoms with van der Waals surface area (Å²) in [5, 5.41) is 11.4. The molecule has 2 aromatic carbocycles. The number of nitro groups is 1. The molecule has 0 fully saturated rings. The van der Waals surface area contributed by atoms with Crippen molar-refractivity contribution >= 4 is 50.2 Å². The van der Waals surface area contributed by atoms with Gasteiger partial charge in [0.1, 0.15) is 9.57 Å². The molecule has 148 valence electrons. The summed E-state index contributed by atoms with van der Waals surface area (Å²) in [6.45, 7) is 3.88. The van der Waals surface area contributed by atoms with Gasteiger partial charge >= 0.3 is 0 Å². The Balaban J connectivity index is 1.95. The first-order chi connectivity index (χ1) is 13.8. The molecule has 1 aliphatic rings. The van der Waals surface area contributed by atoms with E-state index in [1.54, 1.807) is 52.7 Å². The molecule has 1 amide bonds. The van der Waals surface area contributed by atoms with Gasteiger partial charge in [0.15, 0.2) is 0 Å². The Hall–Kier alpha value is -2.62. The van der Waals surface area contributed by atoms with E-state index < -0.39 is 10.5 Å². The average molecular weight is 445 g/mol. The Labute approximate surface area is 179 Å². The third-order valence-electron chi connectivity index (χ3n) is 4.99. The molecule has 0 radical (unpaired) electrons. The highest BCUT2D eigenvalue weighted by molar-refractivity contribution is 7.80. The Kier molecular flexibility index (Phi) is 4.76. The number of nitro benzene ring substituents is 1. The van der Waals surface area contributed by atoms with Crippen molar-refractivity contribution in [3.63, 3.8) is 0 Å². The van der Waals surface area contributed by atoms with Gasteiger partial charge in [0.25, 0.3) is 11.6 Å². The van der Waals surface area contributed by atoms with Crippen molar-refractivity contribution in [2.45, 2.75) is 19.4 Å². The number of rotatable bonds is 3. The monoisotopic (exact) mass is 444 g/mol. The number of benzene rings is 2. The van der Waals surface area contributed by atoms with Gasteiger partial charge in [-0.3, -0.25) is 19.8 Å². The first-order valence-electron chi connectivity index (χ1n) is 8.66. The number of carbonyl (C=O) groups is 1. The molecule has 0 atom stereocenters. The van der Waals surface area contributed by atoms with E-state index in [4.69, 9.17) is 17.0 Å². The summed E-state index contributed by atoms with van der Waals surface area (Å²) in [4.78, 5) is 27.1. The van der Waals surface area contributed by atoms with Crippen LogP contribution in [0.3, 0.4) is 0 Å². The maximum Gasteiger partial charge on any atom is 0.271 e. The fraction of sp³-hybridized carbons (Fsp3) is 0.200. The normalized spacial score (nSPS) is 14.1. The summed E-state index contributed by atoms with van der Waals surface area (Å²) >= 11 is 5.54. The minimum Gasteiger partial charge on any atom is -0.497 e. The average Bonchev–Trinajstić information content (AvgIpc) is 3.10. The molecule has 3 aromatic rings. The molecule has 0 saturated carbocycles. The van der Waals surface area contributed by atoms with E-state index in [-0.39, 0.29) is 11.6 Å². The van der Waals surface area contributed by atoms with Gasteiger partial charge in [-0.25, -0.2) is 0 Å². The zero-order chi connectivity index (χ0) is 20.9. The first-order valence-corrected chi connectivity index (χ1v) is 11.2. The molecule has 1 aromatic heterocycles. The van der Waals surface area contributed by atoms with Crippen LogP contribution in [-0.2, 0) is 5.54 Å². The van der Waals surface area contributed by atoms with Crippen molar-refractivity contribution in [1.29, 1.82) is 0 Å². The van der Waals surface area contributed by atoms with Gasteiger partial charge in [-0.2, -0.15) is 0 Å². The predicted molar refractivity (Wildman–Crippen MR) is 118 cm³/mol. The summed E-state index contributed by atoms with van der Waals surface area (Å²) in [5.41, 5.74) is 1.82. The lowest BCUT2D eigenvalue weighted by atomic mass is 9.86. The van der Waals surface area contributed by atoms with Crippen LogP contribution < -0.4 is 9.64 Å². The molecular formula is C20H16N2O4S3. The fourth-order valence-electron chi connectivity index (χ4n) is 3.55. The van der Waals surface area contributed by atoms with Crippen molar-refractivity contribution in [2.75, 3.05) is 12.0 Å². The lowest BCUT2D eigenvalue weighted by molar-refractivity contribution is -0.384. The second-order valence-electron chi connectivity index (χ2n) is 7.04. The highest BCUT2D eigenvalue weighted by Crippen LogP contribution is 2.53. The zero-order valence-corrected chi connectivity index (χ0v) is 18.2. The highest BCUT2D eigenvalue weighted by Gasteiger charge is 2.43. The molecule has 0 N–H and O–H groups in total. The topological polar surface area (TPSA) is 72.7 Å². The van der Waals surface area contributed by atoms with Gasteiger partial charge in [0.05, 0.1) is 28.1 Å². The molecule has 0 saturated heterocycles. The number of carbonyl (C=O) groups excluding carboxylic acids is 1. The lowest BCUT2D eigenvalue weighted by Gasteiger charge is -2.42. The molecular weight excluding hydrogens is 428 g/mol. The number of anilines is 1. The van der Waals surface area contributed by atoms with Gasteiger partial charge in [0, 0.05) is 28.8 Å². The van der Waals surface area contributed by atoms with Crippen LogP contribution in [0.2, 0.25) is 0 Å². The molecule has 0 spiro atoms. The molecule has 29 heavy (non-hydrogen) atoms. The standard InChI is InChI=1S/C20H16N2O4S3/c1-20(2)17-16(19(27)29-28-17)14-9-6-12(22(24)25)10-15(14)21(20)18(23)11-4-7-13(26-3)8-5-11/h4-10H,1-3H3. The van der Waals surface area contributed by atoms with Crippen LogP contribution in [0.1, 0.15) is 29.1 Å². The van der Waals surface area contributed by atoms with E-state index in [2.05, 4.69) is 0 Å². The minimum atomic E-state index is -0.715. The number of non-ortho nitro benzene ring substituents is 1. The Bertz CT molecular complexity index is 1200. The molecule has 0 unspecified atom stereocenters. The minimum absolute atomic E-state index is 0.0691. The van der Waals surface area contributed by atoms with Crippen molar-refractivity contribution in [3.05, 3.63) is 66.8 Å². The third kappa shape index (κ3) is 3.06. The zero-order valence-electron chi connectivity index (χ0n) is 15.8. The van der Waals surface area contributed by atoms with E-state index in [1.807, 2.05) is 13.8 Å². The van der Waals surface area contributed by atoms with Crippen molar-refractivity contribution < 1.29 is 14.5 Å². The van der Waals surface area contributed by atoms with Crippen molar-refractivity contribution in [2.24, 2.45) is 0 Å². The van der Waals surface area contributed by atoms with Crippen LogP contribution in [-0.4, -0.2) is 17.9 Å². The van der Waals surface area contributed by atoms with E-state index in [1.165, 1.54) is 22.5 Å². The van der Waals surface area contributed by atoms with Gasteiger partial charge in [-0.15, -0.1) is 0 Å². The number of hydrogen-bond donors (Lipinski definition) is 0. The summed E-state index contributed by atoms with van der Waals surface area (Å²) in [7, 11) is 4.59. The smallest absolute Gasteiger partial charge is 0.271 e. The molecule has 0 aliphatic carbocycles. The second-order valence-corrected chi connectivity index (χ2v) is 9.86. The van der Waals surface area contributed by atoms with E-state index >= 15 is 0 Å². The Morgan fingerprint density at radius 3 is 2.48 bits per heavy atom. The number of hydrogen-bond acceptors (Lipinski definition) is 7. The highest BCUT2D eigenvalue weighted by atomic mass is 32.9. The number of ether oxygens (including phenoxy) is 1. The molecule has 4 rings (SSSR count). The van der Waals surface area contributed by atoms with E-state index in [9.17, 15) is 14.9 Å². The van der Waals surface area contributed by atoms with Crippen LogP contribution in [0, 0.1) is 13.9 Å².